The minimum Gasteiger partial charge on any atom is -0.495 e. The third kappa shape index (κ3) is 12.7. The van der Waals surface area contributed by atoms with Crippen LogP contribution in [0.1, 0.15) is 63.7 Å². The molecule has 0 bridgehead atoms. The number of cyclic esters (lactones) is 2. The van der Waals surface area contributed by atoms with E-state index in [1.54, 1.807) is 24.3 Å². The van der Waals surface area contributed by atoms with Gasteiger partial charge in [-0.25, -0.2) is 4.79 Å². The van der Waals surface area contributed by atoms with E-state index in [1.807, 2.05) is 51.1 Å². The quantitative estimate of drug-likeness (QED) is 0.0830. The maximum Gasteiger partial charge on any atom is 0.347 e. The molecule has 2 aliphatic rings. The molecule has 16 heteroatoms. The summed E-state index contributed by atoms with van der Waals surface area (Å²) in [5.74, 6) is -3.70. The second kappa shape index (κ2) is 21.4. The second-order valence-corrected chi connectivity index (χ2v) is 14.3. The number of esters is 2. The van der Waals surface area contributed by atoms with Crippen molar-refractivity contribution in [2.75, 3.05) is 27.3 Å². The number of nitrogens with zero attached hydrogens (tertiary/aromatic N) is 3. The maximum absolute atomic E-state index is 14.0. The van der Waals surface area contributed by atoms with Gasteiger partial charge in [0.05, 0.1) is 24.2 Å². The molecule has 15 nitrogen and oxygen atoms in total. The van der Waals surface area contributed by atoms with Crippen LogP contribution in [0.25, 0.3) is 10.4 Å². The van der Waals surface area contributed by atoms with Crippen LogP contribution in [0.15, 0.2) is 65.8 Å². The number of carbonyl (C=O) groups excluding carboxylic acids is 4. The molecule has 4 rings (SSSR count). The molecule has 298 valence electrons. The van der Waals surface area contributed by atoms with Gasteiger partial charge in [0.1, 0.15) is 24.0 Å². The van der Waals surface area contributed by atoms with E-state index < -0.39 is 72.5 Å². The number of methoxy groups -OCH3 is 2. The predicted octanol–water partition coefficient (Wildman–Crippen LogP) is 5.75. The van der Waals surface area contributed by atoms with E-state index in [1.165, 1.54) is 20.3 Å². The number of azide groups is 1. The zero-order chi connectivity index (χ0) is 39.9. The van der Waals surface area contributed by atoms with E-state index in [0.717, 1.165) is 5.56 Å². The molecule has 2 heterocycles. The van der Waals surface area contributed by atoms with Crippen LogP contribution in [0.2, 0.25) is 5.02 Å². The van der Waals surface area contributed by atoms with Gasteiger partial charge in [0.25, 0.3) is 6.48 Å². The van der Waals surface area contributed by atoms with Gasteiger partial charge in [-0.05, 0) is 60.0 Å². The molecular weight excluding hydrogens is 734 g/mol. The van der Waals surface area contributed by atoms with Crippen molar-refractivity contribution in [3.05, 3.63) is 87.3 Å². The number of ether oxygens (including phenoxy) is 6. The summed E-state index contributed by atoms with van der Waals surface area (Å²) in [6.45, 7) is 4.56. The van der Waals surface area contributed by atoms with E-state index in [-0.39, 0.29) is 44.7 Å². The number of amides is 2. The Bertz CT molecular complexity index is 1690. The Labute approximate surface area is 326 Å². The molecular formula is C39H50ClN5O10. The lowest BCUT2D eigenvalue weighted by Crippen LogP contribution is -2.49. The van der Waals surface area contributed by atoms with Gasteiger partial charge in [-0.1, -0.05) is 80.0 Å². The monoisotopic (exact) mass is 783 g/mol. The largest absolute Gasteiger partial charge is 0.495 e. The van der Waals surface area contributed by atoms with Crippen LogP contribution in [0.3, 0.4) is 0 Å². The molecule has 2 aromatic rings. The zero-order valence-electron chi connectivity index (χ0n) is 31.7. The van der Waals surface area contributed by atoms with E-state index in [2.05, 4.69) is 20.7 Å². The van der Waals surface area contributed by atoms with Crippen molar-refractivity contribution in [1.82, 2.24) is 10.6 Å². The molecule has 8 atom stereocenters. The first-order chi connectivity index (χ1) is 26.4. The number of nitrogens with one attached hydrogen (secondary N) is 2. The molecule has 1 saturated heterocycles. The van der Waals surface area contributed by atoms with E-state index in [0.29, 0.717) is 22.8 Å². The van der Waals surface area contributed by atoms with Crippen LogP contribution < -0.4 is 15.4 Å². The van der Waals surface area contributed by atoms with Crippen molar-refractivity contribution in [2.24, 2.45) is 22.9 Å². The molecule has 1 fully saturated rings. The average Bonchev–Trinajstić information content (AvgIpc) is 3.61. The first-order valence-electron chi connectivity index (χ1n) is 18.3. The molecule has 0 spiro atoms. The van der Waals surface area contributed by atoms with Crippen LogP contribution in [0.4, 0.5) is 0 Å². The fraction of sp³-hybridized carbons (Fsp3) is 0.538. The van der Waals surface area contributed by atoms with Crippen molar-refractivity contribution in [3.63, 3.8) is 0 Å². The van der Waals surface area contributed by atoms with Gasteiger partial charge in [0.2, 0.25) is 11.8 Å². The summed E-state index contributed by atoms with van der Waals surface area (Å²) in [7, 11) is 2.94. The van der Waals surface area contributed by atoms with Crippen molar-refractivity contribution < 1.29 is 47.6 Å². The summed E-state index contributed by atoms with van der Waals surface area (Å²) in [6.07, 6.45) is 0.235. The topological polar surface area (TPSA) is 196 Å². The summed E-state index contributed by atoms with van der Waals surface area (Å²) in [5, 5.41) is 9.41. The lowest BCUT2D eigenvalue weighted by atomic mass is 9.89. The first-order valence-corrected chi connectivity index (χ1v) is 18.7. The van der Waals surface area contributed by atoms with Crippen molar-refractivity contribution in [3.8, 4) is 5.75 Å². The van der Waals surface area contributed by atoms with Crippen LogP contribution >= 0.6 is 11.6 Å². The number of hydrogen-bond donors (Lipinski definition) is 2. The Morgan fingerprint density at radius 1 is 1.02 bits per heavy atom. The third-order valence-electron chi connectivity index (χ3n) is 9.38. The number of benzene rings is 2. The molecule has 2 aliphatic heterocycles. The summed E-state index contributed by atoms with van der Waals surface area (Å²) >= 11 is 6.36. The number of hydrogen-bond acceptors (Lipinski definition) is 11. The Morgan fingerprint density at radius 3 is 2.45 bits per heavy atom. The molecule has 55 heavy (non-hydrogen) atoms. The van der Waals surface area contributed by atoms with Crippen LogP contribution in [-0.2, 0) is 49.3 Å². The molecule has 0 radical (unpaired) electrons. The summed E-state index contributed by atoms with van der Waals surface area (Å²) < 4.78 is 34.9. The van der Waals surface area contributed by atoms with E-state index in [9.17, 15) is 19.2 Å². The van der Waals surface area contributed by atoms with Crippen LogP contribution in [0, 0.1) is 17.8 Å². The molecule has 2 amide bonds. The smallest absolute Gasteiger partial charge is 0.347 e. The Balaban J connectivity index is 1.69. The summed E-state index contributed by atoms with van der Waals surface area (Å²) in [5.41, 5.74) is 10.2. The fourth-order valence-electron chi connectivity index (χ4n) is 6.43. The van der Waals surface area contributed by atoms with Gasteiger partial charge in [-0.15, -0.1) is 0 Å². The highest BCUT2D eigenvalue weighted by molar-refractivity contribution is 6.32. The minimum atomic E-state index is -1.28. The van der Waals surface area contributed by atoms with Gasteiger partial charge in [0.15, 0.2) is 6.10 Å². The van der Waals surface area contributed by atoms with Gasteiger partial charge < -0.3 is 39.1 Å². The van der Waals surface area contributed by atoms with Gasteiger partial charge in [-0.2, -0.15) is 0 Å². The van der Waals surface area contributed by atoms with Crippen molar-refractivity contribution in [2.45, 2.75) is 89.8 Å². The molecule has 0 aliphatic carbocycles. The lowest BCUT2D eigenvalue weighted by Gasteiger charge is -2.31. The zero-order valence-corrected chi connectivity index (χ0v) is 32.5. The number of rotatable bonds is 13. The van der Waals surface area contributed by atoms with E-state index in [4.69, 9.17) is 45.6 Å². The number of halogens is 1. The highest BCUT2D eigenvalue weighted by Gasteiger charge is 2.44. The minimum absolute atomic E-state index is 0.0642. The first kappa shape index (κ1) is 43.1. The van der Waals surface area contributed by atoms with Crippen molar-refractivity contribution >= 4 is 35.4 Å². The predicted molar refractivity (Wildman–Crippen MR) is 201 cm³/mol. The van der Waals surface area contributed by atoms with Crippen molar-refractivity contribution in [1.29, 1.82) is 0 Å². The summed E-state index contributed by atoms with van der Waals surface area (Å²) in [6, 6.07) is 13.4. The highest BCUT2D eigenvalue weighted by atomic mass is 35.5. The van der Waals surface area contributed by atoms with Crippen LogP contribution in [-0.4, -0.2) is 81.9 Å². The third-order valence-corrected chi connectivity index (χ3v) is 9.68. The highest BCUT2D eigenvalue weighted by Crippen LogP contribution is 2.39. The second-order valence-electron chi connectivity index (χ2n) is 13.9. The Morgan fingerprint density at radius 2 is 1.78 bits per heavy atom. The van der Waals surface area contributed by atoms with Gasteiger partial charge in [0, 0.05) is 43.9 Å². The molecule has 1 unspecified atom stereocenters. The van der Waals surface area contributed by atoms with Gasteiger partial charge >= 0.3 is 11.9 Å². The lowest BCUT2D eigenvalue weighted by molar-refractivity contribution is -0.233. The number of carbonyl (C=O) groups is 4. The fourth-order valence-corrected chi connectivity index (χ4v) is 6.71. The maximum atomic E-state index is 14.0. The summed E-state index contributed by atoms with van der Waals surface area (Å²) in [4.78, 5) is 57.6. The van der Waals surface area contributed by atoms with E-state index >= 15 is 0 Å². The molecule has 2 aromatic carbocycles. The average molecular weight is 784 g/mol. The normalized spacial score (nSPS) is 26.6. The standard InChI is InChI=1S/C39H50ClN5O10/c1-23(2)19-32-38(49)52-30(24(3)34-35(55-39(51-5)54-34)26-11-7-6-8-12-26)14-9-15-33(46)44-29(21-25-16-17-31(50-4)28(40)20-25)36(47)42-22-27(37(48)53-32)13-10-18-43-45-41/h6-9,11-12,15-17,20,23-24,27,29-30,32,34-35,39H,10,13-14,18-19,21-22H2,1-5H3,(H,42,47)(H,44,46)/b15-9+/t24-,27+,29+,30-,32-,34+,35+,39?/m0/s1. The molecule has 2 N–H and O–H groups in total. The van der Waals surface area contributed by atoms with Crippen LogP contribution in [0.5, 0.6) is 5.75 Å². The Hall–Kier alpha value is -4.66. The molecule has 0 aromatic heterocycles. The van der Waals surface area contributed by atoms with Gasteiger partial charge in [-0.3, -0.25) is 14.4 Å². The SMILES string of the molecule is COc1ccc(C[C@H]2NC(=O)/C=C/C[C@@H]([C@H](C)[C@H]3OC(OC)O[C@@H]3c3ccccc3)OC(=O)[C@H](CC(C)C)OC(=O)[C@H](CCCN=[N+]=[N-])CNC2=O)cc1Cl. The molecule has 0 saturated carbocycles. The Kier molecular flexibility index (Phi) is 16.8.